The standard InChI is InChI=1S/C50H31NOS/c1-3-19-38-32(12-1)14-9-22-39(38)34-15-7-17-36(30-34)51(44-24-11-25-45-49(44)43-29-28-33-13-2-4-20-41(33)50(43)52-45)37-18-8-16-35(31-37)40-23-10-27-47-48(40)42-21-5-6-26-46(42)53-47/h1-31H. The van der Waals surface area contributed by atoms with Gasteiger partial charge in [-0.2, -0.15) is 0 Å². The molecule has 2 nitrogen and oxygen atoms in total. The molecule has 0 spiro atoms. The predicted octanol–water partition coefficient (Wildman–Crippen LogP) is 15.1. The van der Waals surface area contributed by atoms with Crippen LogP contribution in [0.2, 0.25) is 0 Å². The first-order valence-electron chi connectivity index (χ1n) is 18.0. The van der Waals surface area contributed by atoms with Crippen molar-refractivity contribution in [2.24, 2.45) is 0 Å². The molecule has 11 rings (SSSR count). The second kappa shape index (κ2) is 11.9. The Hall–Kier alpha value is -6.68. The van der Waals surface area contributed by atoms with E-state index in [4.69, 9.17) is 4.42 Å². The molecule has 0 amide bonds. The summed E-state index contributed by atoms with van der Waals surface area (Å²) < 4.78 is 9.33. The van der Waals surface area contributed by atoms with Gasteiger partial charge in [0.2, 0.25) is 0 Å². The molecule has 2 heterocycles. The van der Waals surface area contributed by atoms with E-state index in [9.17, 15) is 0 Å². The van der Waals surface area contributed by atoms with Crippen LogP contribution >= 0.6 is 11.3 Å². The highest BCUT2D eigenvalue weighted by molar-refractivity contribution is 7.25. The number of nitrogens with zero attached hydrogens (tertiary/aromatic N) is 1. The van der Waals surface area contributed by atoms with Crippen LogP contribution in [0.15, 0.2) is 192 Å². The number of hydrogen-bond donors (Lipinski definition) is 0. The van der Waals surface area contributed by atoms with Gasteiger partial charge in [0.25, 0.3) is 0 Å². The lowest BCUT2D eigenvalue weighted by molar-refractivity contribution is 0.672. The van der Waals surface area contributed by atoms with Crippen LogP contribution in [0.3, 0.4) is 0 Å². The third-order valence-corrected chi connectivity index (χ3v) is 11.8. The molecule has 2 aromatic heterocycles. The van der Waals surface area contributed by atoms with Gasteiger partial charge in [0, 0.05) is 42.3 Å². The average Bonchev–Trinajstić information content (AvgIpc) is 3.80. The van der Waals surface area contributed by atoms with E-state index >= 15 is 0 Å². The number of furan rings is 1. The lowest BCUT2D eigenvalue weighted by Gasteiger charge is -2.27. The number of thiophene rings is 1. The summed E-state index contributed by atoms with van der Waals surface area (Å²) in [4.78, 5) is 2.41. The third-order valence-electron chi connectivity index (χ3n) is 10.6. The summed E-state index contributed by atoms with van der Waals surface area (Å²) in [5.41, 5.74) is 9.83. The first-order chi connectivity index (χ1) is 26.3. The van der Waals surface area contributed by atoms with Crippen molar-refractivity contribution in [2.75, 3.05) is 4.90 Å². The predicted molar refractivity (Wildman–Crippen MR) is 227 cm³/mol. The van der Waals surface area contributed by atoms with Crippen molar-refractivity contribution in [1.29, 1.82) is 0 Å². The fourth-order valence-electron chi connectivity index (χ4n) is 8.27. The summed E-state index contributed by atoms with van der Waals surface area (Å²) in [7, 11) is 0. The number of rotatable bonds is 5. The van der Waals surface area contributed by atoms with Crippen molar-refractivity contribution >= 4 is 92.1 Å². The quantitative estimate of drug-likeness (QED) is 0.178. The van der Waals surface area contributed by atoms with Crippen LogP contribution in [0.1, 0.15) is 0 Å². The average molecular weight is 694 g/mol. The van der Waals surface area contributed by atoms with Crippen molar-refractivity contribution in [2.45, 2.75) is 0 Å². The Kier molecular flexibility index (Phi) is 6.76. The minimum absolute atomic E-state index is 0.870. The van der Waals surface area contributed by atoms with Crippen LogP contribution in [0.5, 0.6) is 0 Å². The maximum atomic E-state index is 6.72. The molecule has 0 aliphatic heterocycles. The van der Waals surface area contributed by atoms with Crippen molar-refractivity contribution in [1.82, 2.24) is 0 Å². The van der Waals surface area contributed by atoms with E-state index in [-0.39, 0.29) is 0 Å². The third kappa shape index (κ3) is 4.78. The van der Waals surface area contributed by atoms with Crippen molar-refractivity contribution in [3.05, 3.63) is 188 Å². The zero-order valence-electron chi connectivity index (χ0n) is 28.7. The Morgan fingerprint density at radius 2 is 1.00 bits per heavy atom. The van der Waals surface area contributed by atoms with Gasteiger partial charge in [-0.1, -0.05) is 133 Å². The SMILES string of the molecule is c1cc(-c2cccc3ccccc23)cc(N(c2cccc(-c3cccc4sc5ccccc5c34)c2)c2cccc3oc4c5ccccc5ccc4c23)c1. The molecule has 248 valence electrons. The molecule has 0 atom stereocenters. The Morgan fingerprint density at radius 3 is 1.83 bits per heavy atom. The first-order valence-corrected chi connectivity index (χ1v) is 18.8. The largest absolute Gasteiger partial charge is 0.455 e. The van der Waals surface area contributed by atoms with Gasteiger partial charge in [-0.05, 0) is 93.0 Å². The second-order valence-electron chi connectivity index (χ2n) is 13.7. The van der Waals surface area contributed by atoms with Gasteiger partial charge in [-0.15, -0.1) is 11.3 Å². The fourth-order valence-corrected chi connectivity index (χ4v) is 9.40. The molecule has 0 aliphatic carbocycles. The summed E-state index contributed by atoms with van der Waals surface area (Å²) in [6.45, 7) is 0. The fraction of sp³-hybridized carbons (Fsp3) is 0. The zero-order valence-corrected chi connectivity index (χ0v) is 29.5. The monoisotopic (exact) mass is 693 g/mol. The maximum Gasteiger partial charge on any atom is 0.143 e. The van der Waals surface area contributed by atoms with Crippen LogP contribution in [0.4, 0.5) is 17.1 Å². The molecule has 0 radical (unpaired) electrons. The molecular weight excluding hydrogens is 663 g/mol. The molecule has 0 saturated carbocycles. The van der Waals surface area contributed by atoms with Crippen molar-refractivity contribution in [3.63, 3.8) is 0 Å². The summed E-state index contributed by atoms with van der Waals surface area (Å²) >= 11 is 1.86. The number of benzene rings is 9. The lowest BCUT2D eigenvalue weighted by Crippen LogP contribution is -2.10. The zero-order chi connectivity index (χ0) is 34.9. The van der Waals surface area contributed by atoms with E-state index in [1.807, 2.05) is 11.3 Å². The lowest BCUT2D eigenvalue weighted by atomic mass is 9.97. The number of fused-ring (bicyclic) bond motifs is 9. The first kappa shape index (κ1) is 30.0. The number of hydrogen-bond acceptors (Lipinski definition) is 3. The number of anilines is 3. The normalized spacial score (nSPS) is 11.8. The highest BCUT2D eigenvalue weighted by Gasteiger charge is 2.22. The summed E-state index contributed by atoms with van der Waals surface area (Å²) in [6, 6.07) is 68.0. The summed E-state index contributed by atoms with van der Waals surface area (Å²) in [5, 5.41) is 9.58. The van der Waals surface area contributed by atoms with E-state index in [0.29, 0.717) is 0 Å². The Labute approximate surface area is 310 Å². The van der Waals surface area contributed by atoms with Crippen LogP contribution < -0.4 is 4.90 Å². The molecule has 0 unspecified atom stereocenters. The molecule has 0 saturated heterocycles. The van der Waals surface area contributed by atoms with E-state index in [1.54, 1.807) is 0 Å². The molecule has 0 N–H and O–H groups in total. The van der Waals surface area contributed by atoms with E-state index in [1.165, 1.54) is 58.6 Å². The smallest absolute Gasteiger partial charge is 0.143 e. The topological polar surface area (TPSA) is 16.4 Å². The summed E-state index contributed by atoms with van der Waals surface area (Å²) in [6.07, 6.45) is 0. The summed E-state index contributed by atoms with van der Waals surface area (Å²) in [5.74, 6) is 0. The van der Waals surface area contributed by atoms with Crippen molar-refractivity contribution < 1.29 is 4.42 Å². The van der Waals surface area contributed by atoms with E-state index in [2.05, 4.69) is 193 Å². The van der Waals surface area contributed by atoms with E-state index < -0.39 is 0 Å². The molecular formula is C50H31NOS. The molecule has 0 bridgehead atoms. The molecule has 11 aromatic rings. The van der Waals surface area contributed by atoms with Gasteiger partial charge in [0.15, 0.2) is 0 Å². The van der Waals surface area contributed by atoms with E-state index in [0.717, 1.165) is 44.4 Å². The van der Waals surface area contributed by atoms with Gasteiger partial charge in [-0.3, -0.25) is 0 Å². The second-order valence-corrected chi connectivity index (χ2v) is 14.7. The van der Waals surface area contributed by atoms with Crippen LogP contribution in [0.25, 0.3) is 85.9 Å². The molecule has 0 fully saturated rings. The van der Waals surface area contributed by atoms with Gasteiger partial charge >= 0.3 is 0 Å². The van der Waals surface area contributed by atoms with Crippen LogP contribution in [-0.4, -0.2) is 0 Å². The molecule has 53 heavy (non-hydrogen) atoms. The molecule has 3 heteroatoms. The minimum atomic E-state index is 0.870. The molecule has 9 aromatic carbocycles. The van der Waals surface area contributed by atoms with Crippen molar-refractivity contribution in [3.8, 4) is 22.3 Å². The Balaban J connectivity index is 1.17. The maximum absolute atomic E-state index is 6.72. The molecule has 0 aliphatic rings. The van der Waals surface area contributed by atoms with Crippen LogP contribution in [-0.2, 0) is 0 Å². The Morgan fingerprint density at radius 1 is 0.396 bits per heavy atom. The Bertz CT molecular complexity index is 3200. The highest BCUT2D eigenvalue weighted by Crippen LogP contribution is 2.47. The van der Waals surface area contributed by atoms with Gasteiger partial charge in [0.1, 0.15) is 11.2 Å². The van der Waals surface area contributed by atoms with Crippen LogP contribution in [0, 0.1) is 0 Å². The van der Waals surface area contributed by atoms with Gasteiger partial charge in [0.05, 0.1) is 11.1 Å². The van der Waals surface area contributed by atoms with Gasteiger partial charge < -0.3 is 9.32 Å². The highest BCUT2D eigenvalue weighted by atomic mass is 32.1. The van der Waals surface area contributed by atoms with Gasteiger partial charge in [-0.25, -0.2) is 0 Å². The minimum Gasteiger partial charge on any atom is -0.455 e.